The molecule has 0 aromatic carbocycles. The maximum atomic E-state index is 12.2. The van der Waals surface area contributed by atoms with Gasteiger partial charge in [-0.05, 0) is 6.42 Å². The molecule has 2 aromatic heterocycles. The molecule has 0 bridgehead atoms. The minimum Gasteiger partial charge on any atom is -0.374 e. The maximum absolute atomic E-state index is 12.2. The molecule has 3 heterocycles. The Kier molecular flexibility index (Phi) is 6.00. The van der Waals surface area contributed by atoms with Crippen molar-refractivity contribution in [1.82, 2.24) is 24.6 Å². The Hall–Kier alpha value is -2.26. The molecule has 1 aliphatic rings. The molecule has 0 spiro atoms. The number of morpholine rings is 1. The third-order valence-corrected chi connectivity index (χ3v) is 4.40. The van der Waals surface area contributed by atoms with Gasteiger partial charge in [-0.3, -0.25) is 9.69 Å². The highest BCUT2D eigenvalue weighted by Gasteiger charge is 2.24. The second-order valence-corrected chi connectivity index (χ2v) is 6.63. The Balaban J connectivity index is 1.57. The quantitative estimate of drug-likeness (QED) is 0.701. The summed E-state index contributed by atoms with van der Waals surface area (Å²) in [5.74, 6) is 1.83. The summed E-state index contributed by atoms with van der Waals surface area (Å²) in [5.41, 5.74) is -0.114. The van der Waals surface area contributed by atoms with Crippen molar-refractivity contribution in [3.05, 3.63) is 34.5 Å². The third-order valence-electron chi connectivity index (χ3n) is 4.40. The molecule has 2 aromatic rings. The fraction of sp³-hybridized carbons (Fsp3) is 0.647. The Morgan fingerprint density at radius 1 is 1.42 bits per heavy atom. The molecule has 9 nitrogen and oxygen atoms in total. The van der Waals surface area contributed by atoms with E-state index < -0.39 is 0 Å². The Morgan fingerprint density at radius 3 is 3.08 bits per heavy atom. The van der Waals surface area contributed by atoms with Crippen molar-refractivity contribution in [3.63, 3.8) is 0 Å². The molecule has 3 rings (SSSR count). The van der Waals surface area contributed by atoms with E-state index in [-0.39, 0.29) is 11.7 Å². The largest absolute Gasteiger partial charge is 0.374 e. The molecule has 0 unspecified atom stereocenters. The first kappa shape index (κ1) is 18.5. The van der Waals surface area contributed by atoms with E-state index in [1.54, 1.807) is 19.4 Å². The number of aromatic nitrogens is 4. The average molecular weight is 362 g/mol. The Bertz CT molecular complexity index is 774. The average Bonchev–Trinajstić information content (AvgIpc) is 3.05. The van der Waals surface area contributed by atoms with E-state index >= 15 is 0 Å². The van der Waals surface area contributed by atoms with Crippen LogP contribution in [0.3, 0.4) is 0 Å². The summed E-state index contributed by atoms with van der Waals surface area (Å²) in [6.07, 6.45) is 5.09. The van der Waals surface area contributed by atoms with Crippen molar-refractivity contribution in [3.8, 4) is 0 Å². The monoisotopic (exact) mass is 362 g/mol. The Morgan fingerprint density at radius 2 is 2.27 bits per heavy atom. The van der Waals surface area contributed by atoms with E-state index in [0.717, 1.165) is 31.8 Å². The zero-order valence-corrected chi connectivity index (χ0v) is 15.6. The van der Waals surface area contributed by atoms with Crippen molar-refractivity contribution >= 4 is 5.82 Å². The van der Waals surface area contributed by atoms with Gasteiger partial charge in [0.2, 0.25) is 5.89 Å². The summed E-state index contributed by atoms with van der Waals surface area (Å²) in [6, 6.07) is 0. The molecule has 0 saturated carbocycles. The first-order chi connectivity index (χ1) is 12.6. The summed E-state index contributed by atoms with van der Waals surface area (Å²) in [6.45, 7) is 5.49. The normalized spacial score (nSPS) is 18.2. The van der Waals surface area contributed by atoms with E-state index in [1.807, 2.05) is 11.9 Å². The zero-order chi connectivity index (χ0) is 18.5. The summed E-state index contributed by atoms with van der Waals surface area (Å²) < 4.78 is 12.7. The number of rotatable bonds is 7. The van der Waals surface area contributed by atoms with Crippen LogP contribution in [0.25, 0.3) is 0 Å². The van der Waals surface area contributed by atoms with Gasteiger partial charge in [0.25, 0.3) is 5.56 Å². The highest BCUT2D eigenvalue weighted by molar-refractivity contribution is 5.34. The van der Waals surface area contributed by atoms with Crippen LogP contribution in [-0.4, -0.2) is 64.0 Å². The predicted molar refractivity (Wildman–Crippen MR) is 96.1 cm³/mol. The summed E-state index contributed by atoms with van der Waals surface area (Å²) in [4.78, 5) is 24.9. The molecule has 1 atom stereocenters. The zero-order valence-electron chi connectivity index (χ0n) is 15.6. The summed E-state index contributed by atoms with van der Waals surface area (Å²) in [5, 5.41) is 4.00. The van der Waals surface area contributed by atoms with Crippen molar-refractivity contribution in [2.24, 2.45) is 7.05 Å². The van der Waals surface area contributed by atoms with Crippen LogP contribution in [-0.2, 0) is 24.8 Å². The van der Waals surface area contributed by atoms with Gasteiger partial charge in [-0.1, -0.05) is 12.1 Å². The first-order valence-electron chi connectivity index (χ1n) is 8.95. The molecular formula is C17H26N6O3. The van der Waals surface area contributed by atoms with Crippen molar-refractivity contribution < 1.29 is 9.26 Å². The molecule has 1 fully saturated rings. The highest BCUT2D eigenvalue weighted by atomic mass is 16.5. The fourth-order valence-electron chi connectivity index (χ4n) is 3.04. The minimum absolute atomic E-state index is 0.0153. The molecule has 0 aliphatic carbocycles. The predicted octanol–water partition coefficient (Wildman–Crippen LogP) is 0.453. The molecule has 0 radical (unpaired) electrons. The van der Waals surface area contributed by atoms with E-state index in [0.29, 0.717) is 31.4 Å². The Labute approximate surface area is 152 Å². The van der Waals surface area contributed by atoms with Gasteiger partial charge in [0.15, 0.2) is 11.6 Å². The number of likely N-dealkylation sites (N-methyl/N-ethyl adjacent to an activating group) is 1. The van der Waals surface area contributed by atoms with Crippen molar-refractivity contribution in [2.75, 3.05) is 38.2 Å². The van der Waals surface area contributed by atoms with E-state index in [4.69, 9.17) is 9.26 Å². The number of aryl methyl sites for hydroxylation is 2. The van der Waals surface area contributed by atoms with Crippen LogP contribution in [0.4, 0.5) is 5.82 Å². The number of nitrogens with zero attached hydrogens (tertiary/aromatic N) is 6. The number of anilines is 1. The van der Waals surface area contributed by atoms with Gasteiger partial charge in [-0.2, -0.15) is 4.98 Å². The molecule has 1 saturated heterocycles. The lowest BCUT2D eigenvalue weighted by molar-refractivity contribution is -0.0292. The van der Waals surface area contributed by atoms with E-state index in [1.165, 1.54) is 4.57 Å². The molecular weight excluding hydrogens is 336 g/mol. The van der Waals surface area contributed by atoms with Crippen LogP contribution in [0, 0.1) is 0 Å². The minimum atomic E-state index is -0.114. The smallest absolute Gasteiger partial charge is 0.293 e. The fourth-order valence-corrected chi connectivity index (χ4v) is 3.04. The molecule has 9 heteroatoms. The first-order valence-corrected chi connectivity index (χ1v) is 8.95. The van der Waals surface area contributed by atoms with Gasteiger partial charge in [0.05, 0.1) is 19.3 Å². The molecule has 142 valence electrons. The van der Waals surface area contributed by atoms with Crippen LogP contribution in [0.2, 0.25) is 0 Å². The number of hydrogen-bond donors (Lipinski definition) is 0. The van der Waals surface area contributed by atoms with Crippen LogP contribution in [0.5, 0.6) is 0 Å². The second kappa shape index (κ2) is 8.41. The molecule has 1 aliphatic heterocycles. The van der Waals surface area contributed by atoms with Crippen molar-refractivity contribution in [1.29, 1.82) is 0 Å². The highest BCUT2D eigenvalue weighted by Crippen LogP contribution is 2.12. The van der Waals surface area contributed by atoms with Crippen LogP contribution >= 0.6 is 0 Å². The van der Waals surface area contributed by atoms with Crippen LogP contribution in [0.1, 0.15) is 25.1 Å². The van der Waals surface area contributed by atoms with E-state index in [9.17, 15) is 4.79 Å². The maximum Gasteiger partial charge on any atom is 0.293 e. The SMILES string of the molecule is CCCc1noc(CN2CCO[C@@H](CN(C)c3nccn(C)c3=O)C2)n1. The number of hydrogen-bond acceptors (Lipinski definition) is 8. The second-order valence-electron chi connectivity index (χ2n) is 6.63. The van der Waals surface area contributed by atoms with Gasteiger partial charge >= 0.3 is 0 Å². The summed E-state index contributed by atoms with van der Waals surface area (Å²) >= 11 is 0. The van der Waals surface area contributed by atoms with Crippen LogP contribution < -0.4 is 10.5 Å². The topological polar surface area (TPSA) is 89.5 Å². The molecule has 0 amide bonds. The number of ether oxygens (including phenoxy) is 1. The lowest BCUT2D eigenvalue weighted by atomic mass is 10.2. The molecule has 26 heavy (non-hydrogen) atoms. The van der Waals surface area contributed by atoms with Crippen LogP contribution in [0.15, 0.2) is 21.7 Å². The lowest BCUT2D eigenvalue weighted by Crippen LogP contribution is -2.47. The van der Waals surface area contributed by atoms with Gasteiger partial charge in [-0.15, -0.1) is 0 Å². The van der Waals surface area contributed by atoms with Gasteiger partial charge in [0, 0.05) is 52.5 Å². The van der Waals surface area contributed by atoms with Gasteiger partial charge in [0.1, 0.15) is 0 Å². The van der Waals surface area contributed by atoms with Gasteiger partial charge < -0.3 is 18.7 Å². The standard InChI is InChI=1S/C17H26N6O3/c1-4-5-14-19-15(26-20-14)12-23-8-9-25-13(11-23)10-22(3)16-17(24)21(2)7-6-18-16/h6-7,13H,4-5,8-12H2,1-3H3/t13-/m0/s1. The molecule has 0 N–H and O–H groups in total. The lowest BCUT2D eigenvalue weighted by Gasteiger charge is -2.34. The van der Waals surface area contributed by atoms with Gasteiger partial charge in [-0.25, -0.2) is 4.98 Å². The van der Waals surface area contributed by atoms with E-state index in [2.05, 4.69) is 26.9 Å². The van der Waals surface area contributed by atoms with Crippen molar-refractivity contribution in [2.45, 2.75) is 32.4 Å². The third kappa shape index (κ3) is 4.47. The summed E-state index contributed by atoms with van der Waals surface area (Å²) in [7, 11) is 3.58.